The standard InChI is InChI=1S/C11H13IO3S/c1-2-11(13)10(12)8-16(14,15)9-6-4-3-5-7-9/h3-7,10H,2,8H2,1H3/t10-/m0/s1. The Kier molecular flexibility index (Phi) is 4.91. The second-order valence-electron chi connectivity index (χ2n) is 3.38. The molecule has 0 fully saturated rings. The first-order chi connectivity index (χ1) is 7.47. The van der Waals surface area contributed by atoms with Gasteiger partial charge in [0.15, 0.2) is 9.84 Å². The summed E-state index contributed by atoms with van der Waals surface area (Å²) in [5.74, 6) is -0.148. The number of alkyl halides is 1. The van der Waals surface area contributed by atoms with Crippen molar-refractivity contribution >= 4 is 38.2 Å². The number of benzene rings is 1. The van der Waals surface area contributed by atoms with Crippen LogP contribution in [0.4, 0.5) is 0 Å². The maximum Gasteiger partial charge on any atom is 0.179 e. The lowest BCUT2D eigenvalue weighted by molar-refractivity contribution is -0.117. The van der Waals surface area contributed by atoms with Crippen molar-refractivity contribution in [1.82, 2.24) is 0 Å². The number of ketones is 1. The molecule has 3 nitrogen and oxygen atoms in total. The number of hydrogen-bond acceptors (Lipinski definition) is 3. The van der Waals surface area contributed by atoms with Crippen LogP contribution in [-0.4, -0.2) is 23.9 Å². The van der Waals surface area contributed by atoms with E-state index in [-0.39, 0.29) is 16.4 Å². The van der Waals surface area contributed by atoms with Gasteiger partial charge in [0.25, 0.3) is 0 Å². The number of sulfone groups is 1. The van der Waals surface area contributed by atoms with E-state index in [1.54, 1.807) is 37.3 Å². The second kappa shape index (κ2) is 5.77. The van der Waals surface area contributed by atoms with Gasteiger partial charge in [0, 0.05) is 6.42 Å². The van der Waals surface area contributed by atoms with Crippen LogP contribution in [0.5, 0.6) is 0 Å². The molecular formula is C11H13IO3S. The average molecular weight is 352 g/mol. The molecule has 0 saturated carbocycles. The van der Waals surface area contributed by atoms with Gasteiger partial charge in [0.05, 0.1) is 14.6 Å². The Balaban J connectivity index is 2.85. The molecule has 16 heavy (non-hydrogen) atoms. The van der Waals surface area contributed by atoms with Crippen LogP contribution in [0.25, 0.3) is 0 Å². The summed E-state index contributed by atoms with van der Waals surface area (Å²) in [6.07, 6.45) is 0.373. The Morgan fingerprint density at radius 1 is 1.31 bits per heavy atom. The highest BCUT2D eigenvalue weighted by Crippen LogP contribution is 2.16. The summed E-state index contributed by atoms with van der Waals surface area (Å²) < 4.78 is 23.3. The highest BCUT2D eigenvalue weighted by molar-refractivity contribution is 14.1. The largest absolute Gasteiger partial charge is 0.299 e. The lowest BCUT2D eigenvalue weighted by Crippen LogP contribution is -2.23. The molecule has 0 amide bonds. The molecule has 0 bridgehead atoms. The minimum Gasteiger partial charge on any atom is -0.299 e. The predicted molar refractivity (Wildman–Crippen MR) is 71.6 cm³/mol. The van der Waals surface area contributed by atoms with Gasteiger partial charge < -0.3 is 0 Å². The van der Waals surface area contributed by atoms with Gasteiger partial charge in [-0.2, -0.15) is 0 Å². The summed E-state index contributed by atoms with van der Waals surface area (Å²) in [5.41, 5.74) is 0. The number of rotatable bonds is 5. The van der Waals surface area contributed by atoms with E-state index in [4.69, 9.17) is 0 Å². The van der Waals surface area contributed by atoms with E-state index in [0.717, 1.165) is 0 Å². The van der Waals surface area contributed by atoms with E-state index < -0.39 is 13.8 Å². The lowest BCUT2D eigenvalue weighted by Gasteiger charge is -2.08. The zero-order valence-electron chi connectivity index (χ0n) is 8.89. The molecule has 1 aromatic carbocycles. The van der Waals surface area contributed by atoms with E-state index in [0.29, 0.717) is 6.42 Å². The molecule has 0 unspecified atom stereocenters. The van der Waals surface area contributed by atoms with Gasteiger partial charge in [-0.05, 0) is 12.1 Å². The molecule has 0 saturated heterocycles. The molecule has 0 aromatic heterocycles. The third kappa shape index (κ3) is 3.55. The molecule has 1 rings (SSSR count). The van der Waals surface area contributed by atoms with Gasteiger partial charge in [-0.1, -0.05) is 47.7 Å². The van der Waals surface area contributed by atoms with Crippen LogP contribution in [0.15, 0.2) is 35.2 Å². The maximum absolute atomic E-state index is 11.9. The van der Waals surface area contributed by atoms with Gasteiger partial charge in [0.2, 0.25) is 0 Å². The molecule has 0 aliphatic carbocycles. The Hall–Kier alpha value is -0.430. The van der Waals surface area contributed by atoms with Crippen molar-refractivity contribution in [2.45, 2.75) is 22.2 Å². The number of Topliss-reactive ketones (excluding diaryl/α,β-unsaturated/α-hetero) is 1. The first kappa shape index (κ1) is 13.6. The summed E-state index contributed by atoms with van der Waals surface area (Å²) >= 11 is 1.89. The Bertz CT molecular complexity index is 453. The maximum atomic E-state index is 11.9. The molecule has 0 heterocycles. The predicted octanol–water partition coefficient (Wildman–Crippen LogP) is 2.24. The van der Waals surface area contributed by atoms with Crippen molar-refractivity contribution in [2.75, 3.05) is 5.75 Å². The highest BCUT2D eigenvalue weighted by Gasteiger charge is 2.23. The van der Waals surface area contributed by atoms with Crippen molar-refractivity contribution in [3.05, 3.63) is 30.3 Å². The highest BCUT2D eigenvalue weighted by atomic mass is 127. The van der Waals surface area contributed by atoms with Gasteiger partial charge in [-0.3, -0.25) is 4.79 Å². The fraction of sp³-hybridized carbons (Fsp3) is 0.364. The molecule has 0 radical (unpaired) electrons. The quantitative estimate of drug-likeness (QED) is 0.603. The van der Waals surface area contributed by atoms with Crippen LogP contribution >= 0.6 is 22.6 Å². The first-order valence-electron chi connectivity index (χ1n) is 4.92. The molecule has 0 N–H and O–H groups in total. The van der Waals surface area contributed by atoms with Gasteiger partial charge in [-0.15, -0.1) is 0 Å². The third-order valence-electron chi connectivity index (χ3n) is 2.17. The second-order valence-corrected chi connectivity index (χ2v) is 6.92. The van der Waals surface area contributed by atoms with Crippen LogP contribution in [0, 0.1) is 0 Å². The SMILES string of the molecule is CCC(=O)[C@@H](I)CS(=O)(=O)c1ccccc1. The fourth-order valence-corrected chi connectivity index (χ4v) is 4.43. The average Bonchev–Trinajstić information content (AvgIpc) is 2.28. The Labute approximate surface area is 109 Å². The summed E-state index contributed by atoms with van der Waals surface area (Å²) in [4.78, 5) is 11.6. The van der Waals surface area contributed by atoms with E-state index >= 15 is 0 Å². The van der Waals surface area contributed by atoms with Crippen LogP contribution in [0.2, 0.25) is 0 Å². The van der Waals surface area contributed by atoms with Gasteiger partial charge >= 0.3 is 0 Å². The smallest absolute Gasteiger partial charge is 0.179 e. The summed E-state index contributed by atoms with van der Waals surface area (Å²) in [6, 6.07) is 8.22. The van der Waals surface area contributed by atoms with Crippen molar-refractivity contribution < 1.29 is 13.2 Å². The normalized spacial score (nSPS) is 13.4. The van der Waals surface area contributed by atoms with Crippen LogP contribution < -0.4 is 0 Å². The monoisotopic (exact) mass is 352 g/mol. The van der Waals surface area contributed by atoms with Gasteiger partial charge in [0.1, 0.15) is 5.78 Å². The van der Waals surface area contributed by atoms with E-state index in [2.05, 4.69) is 0 Å². The minimum atomic E-state index is -3.34. The first-order valence-corrected chi connectivity index (χ1v) is 7.81. The topological polar surface area (TPSA) is 51.2 Å². The van der Waals surface area contributed by atoms with Crippen LogP contribution in [0.3, 0.4) is 0 Å². The van der Waals surface area contributed by atoms with Crippen molar-refractivity contribution in [1.29, 1.82) is 0 Å². The zero-order chi connectivity index (χ0) is 12.2. The lowest BCUT2D eigenvalue weighted by atomic mass is 10.2. The third-order valence-corrected chi connectivity index (χ3v) is 5.66. The summed E-state index contributed by atoms with van der Waals surface area (Å²) in [7, 11) is -3.34. The molecule has 5 heteroatoms. The number of hydrogen-bond donors (Lipinski definition) is 0. The fourth-order valence-electron chi connectivity index (χ4n) is 1.23. The molecule has 0 aliphatic heterocycles. The molecular weight excluding hydrogens is 339 g/mol. The summed E-state index contributed by atoms with van der Waals surface area (Å²) in [5, 5.41) is 0. The van der Waals surface area contributed by atoms with E-state index in [9.17, 15) is 13.2 Å². The zero-order valence-corrected chi connectivity index (χ0v) is 11.9. The number of halogens is 1. The Morgan fingerprint density at radius 3 is 2.38 bits per heavy atom. The molecule has 0 aliphatic rings. The number of carbonyl (C=O) groups excluding carboxylic acids is 1. The molecule has 1 aromatic rings. The van der Waals surface area contributed by atoms with Crippen LogP contribution in [-0.2, 0) is 14.6 Å². The van der Waals surface area contributed by atoms with Crippen LogP contribution in [0.1, 0.15) is 13.3 Å². The minimum absolute atomic E-state index is 0.0277. The molecule has 1 atom stereocenters. The Morgan fingerprint density at radius 2 is 1.88 bits per heavy atom. The van der Waals surface area contributed by atoms with Gasteiger partial charge in [-0.25, -0.2) is 8.42 Å². The van der Waals surface area contributed by atoms with E-state index in [1.807, 2.05) is 22.6 Å². The molecule has 0 spiro atoms. The van der Waals surface area contributed by atoms with Crippen molar-refractivity contribution in [3.63, 3.8) is 0 Å². The molecule has 88 valence electrons. The summed E-state index contributed by atoms with van der Waals surface area (Å²) in [6.45, 7) is 1.74. The number of carbonyl (C=O) groups is 1. The van der Waals surface area contributed by atoms with E-state index in [1.165, 1.54) is 0 Å². The van der Waals surface area contributed by atoms with Crippen molar-refractivity contribution in [2.24, 2.45) is 0 Å². The van der Waals surface area contributed by atoms with Crippen molar-refractivity contribution in [3.8, 4) is 0 Å².